The fourth-order valence-electron chi connectivity index (χ4n) is 3.57. The van der Waals surface area contributed by atoms with Crippen LogP contribution >= 0.6 is 11.6 Å². The Kier molecular flexibility index (Phi) is 8.77. The highest BCUT2D eigenvalue weighted by molar-refractivity contribution is 7.92. The van der Waals surface area contributed by atoms with Crippen LogP contribution in [0, 0.1) is 13.8 Å². The number of carbonyl (C=O) groups excluding carboxylic acids is 2. The highest BCUT2D eigenvalue weighted by atomic mass is 35.5. The lowest BCUT2D eigenvalue weighted by atomic mass is 10.1. The van der Waals surface area contributed by atoms with Crippen molar-refractivity contribution in [3.8, 4) is 0 Å². The fraction of sp³-hybridized carbons (Fsp3) is 0.440. The van der Waals surface area contributed by atoms with Gasteiger partial charge in [-0.1, -0.05) is 41.4 Å². The Bertz CT molecular complexity index is 1160. The third-order valence-electron chi connectivity index (χ3n) is 5.21. The summed E-state index contributed by atoms with van der Waals surface area (Å²) in [6.07, 6.45) is 1.07. The van der Waals surface area contributed by atoms with Gasteiger partial charge in [0, 0.05) is 17.1 Å². The smallest absolute Gasteiger partial charge is 0.244 e. The molecule has 0 heterocycles. The van der Waals surface area contributed by atoms with Crippen LogP contribution < -0.4 is 9.62 Å². The molecule has 0 spiro atoms. The number of hydrogen-bond donors (Lipinski definition) is 1. The quantitative estimate of drug-likeness (QED) is 0.583. The van der Waals surface area contributed by atoms with Gasteiger partial charge < -0.3 is 10.2 Å². The molecule has 0 saturated heterocycles. The standard InChI is InChI=1S/C25H34ClN3O4S/c1-17-11-12-22(18(2)13-17)29(34(7,32)33)16-23(30)28(15-20-9-8-10-21(26)14-20)19(3)24(31)27-25(4,5)6/h8-14,19H,15-16H2,1-7H3,(H,27,31)/t19-/m0/s1. The number of aryl methyl sites for hydroxylation is 2. The molecule has 0 aliphatic rings. The van der Waals surface area contributed by atoms with Crippen molar-refractivity contribution in [3.63, 3.8) is 0 Å². The van der Waals surface area contributed by atoms with Crippen LogP contribution in [-0.2, 0) is 26.2 Å². The average Bonchev–Trinajstić information content (AvgIpc) is 2.68. The molecule has 2 aromatic rings. The van der Waals surface area contributed by atoms with E-state index in [0.717, 1.165) is 27.3 Å². The van der Waals surface area contributed by atoms with E-state index in [1.165, 1.54) is 4.90 Å². The van der Waals surface area contributed by atoms with Gasteiger partial charge in [0.1, 0.15) is 12.6 Å². The van der Waals surface area contributed by atoms with Crippen LogP contribution in [0.4, 0.5) is 5.69 Å². The van der Waals surface area contributed by atoms with Gasteiger partial charge in [-0.15, -0.1) is 0 Å². The van der Waals surface area contributed by atoms with Gasteiger partial charge in [0.05, 0.1) is 11.9 Å². The van der Waals surface area contributed by atoms with Gasteiger partial charge in [-0.25, -0.2) is 8.42 Å². The van der Waals surface area contributed by atoms with E-state index >= 15 is 0 Å². The predicted octanol–water partition coefficient (Wildman–Crippen LogP) is 4.05. The van der Waals surface area contributed by atoms with Crippen LogP contribution in [0.15, 0.2) is 42.5 Å². The summed E-state index contributed by atoms with van der Waals surface area (Å²) in [4.78, 5) is 27.9. The lowest BCUT2D eigenvalue weighted by molar-refractivity contribution is -0.140. The van der Waals surface area contributed by atoms with Crippen molar-refractivity contribution in [2.75, 3.05) is 17.1 Å². The monoisotopic (exact) mass is 507 g/mol. The van der Waals surface area contributed by atoms with Crippen molar-refractivity contribution >= 4 is 39.1 Å². The van der Waals surface area contributed by atoms with E-state index in [4.69, 9.17) is 11.6 Å². The molecule has 7 nitrogen and oxygen atoms in total. The zero-order valence-corrected chi connectivity index (χ0v) is 22.4. The number of carbonyl (C=O) groups is 2. The topological polar surface area (TPSA) is 86.8 Å². The molecular weight excluding hydrogens is 474 g/mol. The number of anilines is 1. The summed E-state index contributed by atoms with van der Waals surface area (Å²) < 4.78 is 26.4. The molecule has 2 amide bonds. The Morgan fingerprint density at radius 1 is 1.09 bits per heavy atom. The molecule has 1 N–H and O–H groups in total. The maximum atomic E-state index is 13.6. The van der Waals surface area contributed by atoms with Crippen LogP contribution in [0.5, 0.6) is 0 Å². The maximum Gasteiger partial charge on any atom is 0.244 e. The summed E-state index contributed by atoms with van der Waals surface area (Å²) in [5, 5.41) is 3.40. The highest BCUT2D eigenvalue weighted by Crippen LogP contribution is 2.24. The van der Waals surface area contributed by atoms with E-state index in [-0.39, 0.29) is 12.5 Å². The van der Waals surface area contributed by atoms with E-state index < -0.39 is 34.1 Å². The average molecular weight is 508 g/mol. The normalized spacial score (nSPS) is 12.7. The molecule has 0 saturated carbocycles. The Balaban J connectivity index is 2.44. The van der Waals surface area contributed by atoms with Crippen molar-refractivity contribution in [2.45, 2.75) is 59.7 Å². The lowest BCUT2D eigenvalue weighted by Crippen LogP contribution is -2.54. The van der Waals surface area contributed by atoms with E-state index in [0.29, 0.717) is 10.7 Å². The first-order valence-electron chi connectivity index (χ1n) is 11.0. The van der Waals surface area contributed by atoms with Crippen molar-refractivity contribution in [1.29, 1.82) is 0 Å². The third-order valence-corrected chi connectivity index (χ3v) is 6.57. The zero-order valence-electron chi connectivity index (χ0n) is 20.8. The molecule has 0 aliphatic carbocycles. The fourth-order valence-corrected chi connectivity index (χ4v) is 4.69. The number of nitrogens with zero attached hydrogens (tertiary/aromatic N) is 2. The largest absolute Gasteiger partial charge is 0.350 e. The molecule has 0 unspecified atom stereocenters. The van der Waals surface area contributed by atoms with E-state index in [9.17, 15) is 18.0 Å². The minimum Gasteiger partial charge on any atom is -0.350 e. The number of nitrogens with one attached hydrogen (secondary N) is 1. The summed E-state index contributed by atoms with van der Waals surface area (Å²) >= 11 is 6.12. The molecule has 1 atom stereocenters. The molecule has 2 aromatic carbocycles. The van der Waals surface area contributed by atoms with Gasteiger partial charge in [0.2, 0.25) is 21.8 Å². The molecule has 9 heteroatoms. The minimum absolute atomic E-state index is 0.0998. The second-order valence-corrected chi connectivity index (χ2v) is 12.0. The van der Waals surface area contributed by atoms with Gasteiger partial charge in [-0.3, -0.25) is 13.9 Å². The van der Waals surface area contributed by atoms with Crippen LogP contribution in [0.1, 0.15) is 44.4 Å². The van der Waals surface area contributed by atoms with Gasteiger partial charge in [-0.2, -0.15) is 0 Å². The van der Waals surface area contributed by atoms with Crippen molar-refractivity contribution in [1.82, 2.24) is 10.2 Å². The number of rotatable bonds is 8. The molecule has 0 fully saturated rings. The van der Waals surface area contributed by atoms with Crippen molar-refractivity contribution in [3.05, 3.63) is 64.2 Å². The number of sulfonamides is 1. The van der Waals surface area contributed by atoms with E-state index in [1.807, 2.05) is 33.8 Å². The molecule has 2 rings (SSSR count). The third kappa shape index (κ3) is 7.74. The van der Waals surface area contributed by atoms with Gasteiger partial charge >= 0.3 is 0 Å². The highest BCUT2D eigenvalue weighted by Gasteiger charge is 2.31. The molecule has 186 valence electrons. The Morgan fingerprint density at radius 2 is 1.74 bits per heavy atom. The first-order valence-corrected chi connectivity index (χ1v) is 13.2. The molecule has 0 aromatic heterocycles. The number of halogens is 1. The van der Waals surface area contributed by atoms with Crippen LogP contribution in [-0.4, -0.2) is 49.5 Å². The summed E-state index contributed by atoms with van der Waals surface area (Å²) in [5.74, 6) is -0.831. The predicted molar refractivity (Wildman–Crippen MR) is 137 cm³/mol. The van der Waals surface area contributed by atoms with Crippen LogP contribution in [0.3, 0.4) is 0 Å². The molecule has 0 radical (unpaired) electrons. The SMILES string of the molecule is Cc1ccc(N(CC(=O)N(Cc2cccc(Cl)c2)[C@@H](C)C(=O)NC(C)(C)C)S(C)(=O)=O)c(C)c1. The molecule has 34 heavy (non-hydrogen) atoms. The summed E-state index contributed by atoms with van der Waals surface area (Å²) in [6.45, 7) is 10.6. The van der Waals surface area contributed by atoms with Crippen molar-refractivity contribution in [2.24, 2.45) is 0 Å². The number of amides is 2. The lowest BCUT2D eigenvalue weighted by Gasteiger charge is -2.33. The second-order valence-electron chi connectivity index (χ2n) is 9.63. The van der Waals surface area contributed by atoms with Gasteiger partial charge in [0.25, 0.3) is 0 Å². The molecular formula is C25H34ClN3O4S. The summed E-state index contributed by atoms with van der Waals surface area (Å²) in [5.41, 5.74) is 2.38. The van der Waals surface area contributed by atoms with Gasteiger partial charge in [-0.05, 0) is 70.9 Å². The van der Waals surface area contributed by atoms with E-state index in [2.05, 4.69) is 5.32 Å². The van der Waals surface area contributed by atoms with Crippen LogP contribution in [0.25, 0.3) is 0 Å². The second kappa shape index (κ2) is 10.8. The summed E-state index contributed by atoms with van der Waals surface area (Å²) in [7, 11) is -3.77. The van der Waals surface area contributed by atoms with Crippen molar-refractivity contribution < 1.29 is 18.0 Å². The first kappa shape index (κ1) is 27.7. The minimum atomic E-state index is -3.77. The Hall–Kier alpha value is -2.58. The van der Waals surface area contributed by atoms with Crippen LogP contribution in [0.2, 0.25) is 5.02 Å². The number of hydrogen-bond acceptors (Lipinski definition) is 4. The first-order chi connectivity index (χ1) is 15.6. The Labute approximate surface area is 208 Å². The summed E-state index contributed by atoms with van der Waals surface area (Å²) in [6, 6.07) is 11.5. The van der Waals surface area contributed by atoms with Gasteiger partial charge in [0.15, 0.2) is 0 Å². The number of benzene rings is 2. The van der Waals surface area contributed by atoms with E-state index in [1.54, 1.807) is 50.2 Å². The molecule has 0 bridgehead atoms. The Morgan fingerprint density at radius 3 is 2.26 bits per heavy atom. The zero-order chi connectivity index (χ0) is 25.8. The molecule has 0 aliphatic heterocycles. The maximum absolute atomic E-state index is 13.6.